The molecule has 1 nitrogen and oxygen atoms in total. The zero-order chi connectivity index (χ0) is 16.8. The minimum Gasteiger partial charge on any atom is -0.496 e. The second-order valence-corrected chi connectivity index (χ2v) is 7.99. The van der Waals surface area contributed by atoms with Gasteiger partial charge in [0.05, 0.1) is 7.11 Å². The largest absolute Gasteiger partial charge is 0.496 e. The predicted molar refractivity (Wildman–Crippen MR) is 98.4 cm³/mol. The summed E-state index contributed by atoms with van der Waals surface area (Å²) in [4.78, 5) is 0. The Labute approximate surface area is 140 Å². The van der Waals surface area contributed by atoms with Crippen LogP contribution in [0.3, 0.4) is 0 Å². The molecule has 0 saturated heterocycles. The van der Waals surface area contributed by atoms with E-state index in [2.05, 4.69) is 71.0 Å². The molecule has 0 heterocycles. The van der Waals surface area contributed by atoms with Crippen LogP contribution in [0.25, 0.3) is 11.1 Å². The van der Waals surface area contributed by atoms with Crippen LogP contribution in [0.15, 0.2) is 36.4 Å². The average Bonchev–Trinajstić information content (AvgIpc) is 2.80. The Bertz CT molecular complexity index is 707. The zero-order valence-corrected chi connectivity index (χ0v) is 15.2. The maximum absolute atomic E-state index is 5.95. The van der Waals surface area contributed by atoms with Crippen molar-refractivity contribution in [2.75, 3.05) is 7.11 Å². The minimum absolute atomic E-state index is 0.0649. The van der Waals surface area contributed by atoms with Crippen molar-refractivity contribution in [2.24, 2.45) is 5.92 Å². The molecule has 0 saturated carbocycles. The van der Waals surface area contributed by atoms with Crippen LogP contribution in [0.1, 0.15) is 57.2 Å². The number of hydrogen-bond acceptors (Lipinski definition) is 1. The van der Waals surface area contributed by atoms with Gasteiger partial charge in [0.1, 0.15) is 5.75 Å². The summed E-state index contributed by atoms with van der Waals surface area (Å²) in [5.41, 5.74) is 6.97. The van der Waals surface area contributed by atoms with Crippen LogP contribution in [0.5, 0.6) is 5.75 Å². The van der Waals surface area contributed by atoms with Crippen LogP contribution in [0, 0.1) is 5.92 Å². The van der Waals surface area contributed by atoms with Crippen molar-refractivity contribution in [3.8, 4) is 16.9 Å². The molecule has 122 valence electrons. The van der Waals surface area contributed by atoms with E-state index in [1.807, 2.05) is 7.11 Å². The average molecular weight is 308 g/mol. The first-order valence-electron chi connectivity index (χ1n) is 8.64. The molecule has 0 amide bonds. The van der Waals surface area contributed by atoms with Crippen molar-refractivity contribution in [3.05, 3.63) is 53.1 Å². The molecule has 2 atom stereocenters. The molecule has 0 spiro atoms. The second-order valence-electron chi connectivity index (χ2n) is 7.99. The smallest absolute Gasteiger partial charge is 0.130 e. The van der Waals surface area contributed by atoms with Crippen molar-refractivity contribution in [2.45, 2.75) is 52.4 Å². The Morgan fingerprint density at radius 3 is 2.26 bits per heavy atom. The van der Waals surface area contributed by atoms with E-state index < -0.39 is 0 Å². The van der Waals surface area contributed by atoms with Crippen LogP contribution in [-0.4, -0.2) is 7.11 Å². The van der Waals surface area contributed by atoms with Gasteiger partial charge in [0, 0.05) is 11.1 Å². The lowest BCUT2D eigenvalue weighted by Crippen LogP contribution is -2.15. The third-order valence-electron chi connectivity index (χ3n) is 5.37. The summed E-state index contributed by atoms with van der Waals surface area (Å²) in [7, 11) is 1.81. The Hall–Kier alpha value is -1.76. The van der Waals surface area contributed by atoms with Gasteiger partial charge in [-0.2, -0.15) is 0 Å². The predicted octanol–water partition coefficient (Wildman–Crippen LogP) is 5.96. The molecule has 0 fully saturated rings. The van der Waals surface area contributed by atoms with Crippen molar-refractivity contribution < 1.29 is 4.74 Å². The Morgan fingerprint density at radius 2 is 1.70 bits per heavy atom. The van der Waals surface area contributed by atoms with E-state index in [9.17, 15) is 0 Å². The summed E-state index contributed by atoms with van der Waals surface area (Å²) < 4.78 is 5.95. The number of benzene rings is 2. The van der Waals surface area contributed by atoms with Crippen molar-refractivity contribution in [1.29, 1.82) is 0 Å². The van der Waals surface area contributed by atoms with Crippen LogP contribution in [0.2, 0.25) is 0 Å². The van der Waals surface area contributed by atoms with E-state index in [4.69, 9.17) is 4.74 Å². The fourth-order valence-corrected chi connectivity index (χ4v) is 3.83. The molecule has 0 N–H and O–H groups in total. The SMILES string of the molecule is COc1c(C(C)(C)C)cc2c(c1-c1ccccc1)C[C@H](C)C2C. The fourth-order valence-electron chi connectivity index (χ4n) is 3.83. The van der Waals surface area contributed by atoms with Gasteiger partial charge >= 0.3 is 0 Å². The third kappa shape index (κ3) is 2.67. The van der Waals surface area contributed by atoms with Gasteiger partial charge < -0.3 is 4.74 Å². The number of rotatable bonds is 2. The van der Waals surface area contributed by atoms with E-state index in [-0.39, 0.29) is 5.41 Å². The van der Waals surface area contributed by atoms with Gasteiger partial charge in [0.25, 0.3) is 0 Å². The first-order valence-corrected chi connectivity index (χ1v) is 8.64. The van der Waals surface area contributed by atoms with Crippen molar-refractivity contribution in [3.63, 3.8) is 0 Å². The molecular weight excluding hydrogens is 280 g/mol. The zero-order valence-electron chi connectivity index (χ0n) is 15.2. The van der Waals surface area contributed by atoms with Gasteiger partial charge in [0.15, 0.2) is 0 Å². The van der Waals surface area contributed by atoms with E-state index in [0.717, 1.165) is 12.2 Å². The minimum atomic E-state index is 0.0649. The molecule has 1 heteroatoms. The number of methoxy groups -OCH3 is 1. The molecule has 2 aromatic carbocycles. The monoisotopic (exact) mass is 308 g/mol. The quantitative estimate of drug-likeness (QED) is 0.665. The molecular formula is C22H28O. The number of hydrogen-bond donors (Lipinski definition) is 0. The Kier molecular flexibility index (Phi) is 4.00. The molecule has 0 bridgehead atoms. The molecule has 0 aromatic heterocycles. The highest BCUT2D eigenvalue weighted by Crippen LogP contribution is 2.49. The van der Waals surface area contributed by atoms with E-state index >= 15 is 0 Å². The lowest BCUT2D eigenvalue weighted by atomic mass is 9.80. The van der Waals surface area contributed by atoms with Crippen LogP contribution in [-0.2, 0) is 11.8 Å². The van der Waals surface area contributed by atoms with E-state index in [0.29, 0.717) is 11.8 Å². The summed E-state index contributed by atoms with van der Waals surface area (Å²) in [6, 6.07) is 13.1. The number of ether oxygens (including phenoxy) is 1. The fraction of sp³-hybridized carbons (Fsp3) is 0.455. The van der Waals surface area contributed by atoms with Gasteiger partial charge in [-0.25, -0.2) is 0 Å². The van der Waals surface area contributed by atoms with Gasteiger partial charge in [-0.05, 0) is 40.4 Å². The van der Waals surface area contributed by atoms with Crippen LogP contribution >= 0.6 is 0 Å². The third-order valence-corrected chi connectivity index (χ3v) is 5.37. The standard InChI is InChI=1S/C22H28O/c1-14-12-18-17(15(14)2)13-19(22(3,4)5)21(23-6)20(18)16-10-8-7-9-11-16/h7-11,13-15H,12H2,1-6H3/t14-,15?/m0/s1. The maximum atomic E-state index is 5.95. The van der Waals surface area contributed by atoms with E-state index in [1.165, 1.54) is 27.8 Å². The molecule has 1 aliphatic carbocycles. The summed E-state index contributed by atoms with van der Waals surface area (Å²) >= 11 is 0. The molecule has 1 unspecified atom stereocenters. The van der Waals surface area contributed by atoms with Gasteiger partial charge in [0.2, 0.25) is 0 Å². The Morgan fingerprint density at radius 1 is 1.04 bits per heavy atom. The molecule has 3 rings (SSSR count). The highest BCUT2D eigenvalue weighted by molar-refractivity contribution is 5.79. The van der Waals surface area contributed by atoms with Crippen LogP contribution < -0.4 is 4.74 Å². The number of fused-ring (bicyclic) bond motifs is 1. The second kappa shape index (κ2) is 5.70. The summed E-state index contributed by atoms with van der Waals surface area (Å²) in [6.07, 6.45) is 1.14. The van der Waals surface area contributed by atoms with Crippen molar-refractivity contribution in [1.82, 2.24) is 0 Å². The molecule has 0 aliphatic heterocycles. The highest BCUT2D eigenvalue weighted by Gasteiger charge is 2.33. The molecule has 0 radical (unpaired) electrons. The highest BCUT2D eigenvalue weighted by atomic mass is 16.5. The molecule has 1 aliphatic rings. The molecule has 23 heavy (non-hydrogen) atoms. The summed E-state index contributed by atoms with van der Waals surface area (Å²) in [6.45, 7) is 11.5. The topological polar surface area (TPSA) is 9.23 Å². The maximum Gasteiger partial charge on any atom is 0.130 e. The Balaban J connectivity index is 2.37. The summed E-state index contributed by atoms with van der Waals surface area (Å²) in [5, 5.41) is 0. The molecule has 2 aromatic rings. The summed E-state index contributed by atoms with van der Waals surface area (Å²) in [5.74, 6) is 2.36. The first kappa shape index (κ1) is 16.1. The lowest BCUT2D eigenvalue weighted by Gasteiger charge is -2.27. The normalized spacial score (nSPS) is 20.4. The first-order chi connectivity index (χ1) is 10.8. The van der Waals surface area contributed by atoms with Crippen molar-refractivity contribution >= 4 is 0 Å². The van der Waals surface area contributed by atoms with Crippen LogP contribution in [0.4, 0.5) is 0 Å². The van der Waals surface area contributed by atoms with Gasteiger partial charge in [-0.1, -0.05) is 71.0 Å². The lowest BCUT2D eigenvalue weighted by molar-refractivity contribution is 0.398. The van der Waals surface area contributed by atoms with Gasteiger partial charge in [-0.15, -0.1) is 0 Å². The van der Waals surface area contributed by atoms with E-state index in [1.54, 1.807) is 0 Å². The van der Waals surface area contributed by atoms with Gasteiger partial charge in [-0.3, -0.25) is 0 Å².